The number of benzene rings is 1. The number of nitrogens with one attached hydrogen (secondary N) is 1. The Morgan fingerprint density at radius 3 is 2.76 bits per heavy atom. The Morgan fingerprint density at radius 2 is 2.00 bits per heavy atom. The zero-order valence-electron chi connectivity index (χ0n) is 12.8. The number of nitrogens with zero attached hydrogens (tertiary/aromatic N) is 1. The molecule has 1 aromatic carbocycles. The van der Waals surface area contributed by atoms with E-state index in [0.29, 0.717) is 12.5 Å². The van der Waals surface area contributed by atoms with Gasteiger partial charge >= 0.3 is 0 Å². The first-order chi connectivity index (χ1) is 10.2. The number of hydrogen-bond acceptors (Lipinski definition) is 4. The molecule has 0 unspecified atom stereocenters. The molecule has 0 bridgehead atoms. The summed E-state index contributed by atoms with van der Waals surface area (Å²) >= 11 is 0. The molecule has 0 saturated heterocycles. The van der Waals surface area contributed by atoms with Gasteiger partial charge in [0.2, 0.25) is 5.88 Å². The van der Waals surface area contributed by atoms with Crippen LogP contribution in [0, 0.1) is 6.92 Å². The molecule has 1 aromatic heterocycles. The van der Waals surface area contributed by atoms with Gasteiger partial charge in [-0.25, -0.2) is 4.98 Å². The molecule has 1 heterocycles. The molecule has 112 valence electrons. The molecule has 2 rings (SSSR count). The van der Waals surface area contributed by atoms with Crippen molar-refractivity contribution in [1.29, 1.82) is 0 Å². The fourth-order valence-electron chi connectivity index (χ4n) is 2.07. The largest absolute Gasteiger partial charge is 0.497 e. The van der Waals surface area contributed by atoms with Crippen molar-refractivity contribution in [2.75, 3.05) is 13.7 Å². The SMILES string of the molecule is CCNCc1cc(C)nc(OCc2cccc(OC)c2)c1. The zero-order chi connectivity index (χ0) is 15.1. The maximum absolute atomic E-state index is 5.80. The summed E-state index contributed by atoms with van der Waals surface area (Å²) in [6, 6.07) is 11.9. The zero-order valence-corrected chi connectivity index (χ0v) is 12.8. The third-order valence-corrected chi connectivity index (χ3v) is 3.09. The number of aryl methyl sites for hydroxylation is 1. The van der Waals surface area contributed by atoms with E-state index in [9.17, 15) is 0 Å². The van der Waals surface area contributed by atoms with Crippen molar-refractivity contribution in [3.63, 3.8) is 0 Å². The molecule has 0 spiro atoms. The average molecular weight is 286 g/mol. The van der Waals surface area contributed by atoms with Crippen molar-refractivity contribution in [2.45, 2.75) is 27.0 Å². The first-order valence-electron chi connectivity index (χ1n) is 7.15. The van der Waals surface area contributed by atoms with Crippen LogP contribution in [0.25, 0.3) is 0 Å². The van der Waals surface area contributed by atoms with Gasteiger partial charge in [-0.2, -0.15) is 0 Å². The van der Waals surface area contributed by atoms with Gasteiger partial charge in [-0.1, -0.05) is 19.1 Å². The highest BCUT2D eigenvalue weighted by Gasteiger charge is 2.03. The van der Waals surface area contributed by atoms with Gasteiger partial charge in [0.25, 0.3) is 0 Å². The van der Waals surface area contributed by atoms with E-state index < -0.39 is 0 Å². The number of rotatable bonds is 7. The standard InChI is InChI=1S/C17H22N2O2/c1-4-18-11-15-8-13(2)19-17(10-15)21-12-14-6-5-7-16(9-14)20-3/h5-10,18H,4,11-12H2,1-3H3. The highest BCUT2D eigenvalue weighted by Crippen LogP contribution is 2.17. The number of ether oxygens (including phenoxy) is 2. The van der Waals surface area contributed by atoms with Crippen molar-refractivity contribution >= 4 is 0 Å². The topological polar surface area (TPSA) is 43.4 Å². The van der Waals surface area contributed by atoms with Gasteiger partial charge in [0.05, 0.1) is 7.11 Å². The van der Waals surface area contributed by atoms with Crippen LogP contribution in [0.4, 0.5) is 0 Å². The predicted molar refractivity (Wildman–Crippen MR) is 83.7 cm³/mol. The van der Waals surface area contributed by atoms with E-state index in [0.717, 1.165) is 30.1 Å². The van der Waals surface area contributed by atoms with E-state index in [2.05, 4.69) is 23.3 Å². The van der Waals surface area contributed by atoms with E-state index in [1.807, 2.05) is 37.3 Å². The Bertz CT molecular complexity index is 585. The fraction of sp³-hybridized carbons (Fsp3) is 0.353. The summed E-state index contributed by atoms with van der Waals surface area (Å²) in [5.74, 6) is 1.49. The Balaban J connectivity index is 2.03. The van der Waals surface area contributed by atoms with Crippen molar-refractivity contribution in [1.82, 2.24) is 10.3 Å². The van der Waals surface area contributed by atoms with Crippen LogP contribution in [0.5, 0.6) is 11.6 Å². The second-order valence-corrected chi connectivity index (χ2v) is 4.88. The summed E-state index contributed by atoms with van der Waals surface area (Å²) in [5, 5.41) is 3.31. The van der Waals surface area contributed by atoms with E-state index in [-0.39, 0.29) is 0 Å². The molecule has 0 aliphatic rings. The second-order valence-electron chi connectivity index (χ2n) is 4.88. The summed E-state index contributed by atoms with van der Waals surface area (Å²) in [6.07, 6.45) is 0. The van der Waals surface area contributed by atoms with Crippen LogP contribution in [-0.4, -0.2) is 18.6 Å². The van der Waals surface area contributed by atoms with Crippen LogP contribution in [0.15, 0.2) is 36.4 Å². The van der Waals surface area contributed by atoms with Gasteiger partial charge in [0.15, 0.2) is 0 Å². The molecule has 0 saturated carbocycles. The lowest BCUT2D eigenvalue weighted by Gasteiger charge is -2.10. The Hall–Kier alpha value is -2.07. The van der Waals surface area contributed by atoms with Crippen LogP contribution in [0.3, 0.4) is 0 Å². The number of aromatic nitrogens is 1. The van der Waals surface area contributed by atoms with Gasteiger partial charge in [0, 0.05) is 18.3 Å². The molecular weight excluding hydrogens is 264 g/mol. The van der Waals surface area contributed by atoms with Crippen molar-refractivity contribution < 1.29 is 9.47 Å². The fourth-order valence-corrected chi connectivity index (χ4v) is 2.07. The van der Waals surface area contributed by atoms with Crippen LogP contribution in [-0.2, 0) is 13.2 Å². The minimum absolute atomic E-state index is 0.480. The minimum atomic E-state index is 0.480. The van der Waals surface area contributed by atoms with Crippen LogP contribution in [0.1, 0.15) is 23.7 Å². The Kier molecular flexibility index (Phi) is 5.58. The quantitative estimate of drug-likeness (QED) is 0.849. The average Bonchev–Trinajstić information content (AvgIpc) is 2.50. The van der Waals surface area contributed by atoms with Crippen molar-refractivity contribution in [3.05, 3.63) is 53.2 Å². The van der Waals surface area contributed by atoms with E-state index >= 15 is 0 Å². The minimum Gasteiger partial charge on any atom is -0.497 e. The van der Waals surface area contributed by atoms with Crippen molar-refractivity contribution in [3.8, 4) is 11.6 Å². The molecule has 0 aliphatic heterocycles. The predicted octanol–water partition coefficient (Wildman–Crippen LogP) is 3.09. The molecule has 4 nitrogen and oxygen atoms in total. The summed E-state index contributed by atoms with van der Waals surface area (Å²) in [4.78, 5) is 4.42. The molecule has 2 aromatic rings. The maximum atomic E-state index is 5.80. The molecule has 0 radical (unpaired) electrons. The Labute approximate surface area is 126 Å². The van der Waals surface area contributed by atoms with Gasteiger partial charge in [-0.05, 0) is 42.8 Å². The van der Waals surface area contributed by atoms with E-state index in [4.69, 9.17) is 9.47 Å². The van der Waals surface area contributed by atoms with Crippen LogP contribution < -0.4 is 14.8 Å². The molecule has 0 amide bonds. The summed E-state index contributed by atoms with van der Waals surface area (Å²) in [6.45, 7) is 6.33. The summed E-state index contributed by atoms with van der Waals surface area (Å²) < 4.78 is 11.0. The number of pyridine rings is 1. The molecule has 4 heteroatoms. The molecular formula is C17H22N2O2. The Morgan fingerprint density at radius 1 is 1.14 bits per heavy atom. The third kappa shape index (κ3) is 4.76. The monoisotopic (exact) mass is 286 g/mol. The van der Waals surface area contributed by atoms with Crippen LogP contribution in [0.2, 0.25) is 0 Å². The molecule has 0 aliphatic carbocycles. The normalized spacial score (nSPS) is 10.4. The highest BCUT2D eigenvalue weighted by molar-refractivity contribution is 5.29. The third-order valence-electron chi connectivity index (χ3n) is 3.09. The summed E-state index contributed by atoms with van der Waals surface area (Å²) in [5.41, 5.74) is 3.21. The summed E-state index contributed by atoms with van der Waals surface area (Å²) in [7, 11) is 1.66. The first-order valence-corrected chi connectivity index (χ1v) is 7.15. The smallest absolute Gasteiger partial charge is 0.214 e. The second kappa shape index (κ2) is 7.64. The molecule has 1 N–H and O–H groups in total. The maximum Gasteiger partial charge on any atom is 0.214 e. The van der Waals surface area contributed by atoms with Crippen molar-refractivity contribution in [2.24, 2.45) is 0 Å². The number of hydrogen-bond donors (Lipinski definition) is 1. The van der Waals surface area contributed by atoms with Gasteiger partial charge in [-0.3, -0.25) is 0 Å². The van der Waals surface area contributed by atoms with E-state index in [1.54, 1.807) is 7.11 Å². The first kappa shape index (κ1) is 15.3. The van der Waals surface area contributed by atoms with Gasteiger partial charge < -0.3 is 14.8 Å². The lowest BCUT2D eigenvalue weighted by molar-refractivity contribution is 0.292. The van der Waals surface area contributed by atoms with Gasteiger partial charge in [0.1, 0.15) is 12.4 Å². The number of methoxy groups -OCH3 is 1. The molecule has 21 heavy (non-hydrogen) atoms. The van der Waals surface area contributed by atoms with Crippen LogP contribution >= 0.6 is 0 Å². The lowest BCUT2D eigenvalue weighted by atomic mass is 10.2. The van der Waals surface area contributed by atoms with E-state index in [1.165, 1.54) is 5.56 Å². The highest BCUT2D eigenvalue weighted by atomic mass is 16.5. The molecule has 0 atom stereocenters. The lowest BCUT2D eigenvalue weighted by Crippen LogP contribution is -2.12. The van der Waals surface area contributed by atoms with Gasteiger partial charge in [-0.15, -0.1) is 0 Å². The molecule has 0 fully saturated rings.